The summed E-state index contributed by atoms with van der Waals surface area (Å²) in [6, 6.07) is 0. The first-order valence-electron chi connectivity index (χ1n) is 19.2. The molecular weight excluding hydrogens is 492 g/mol. The summed E-state index contributed by atoms with van der Waals surface area (Å²) in [5, 5.41) is 0. The van der Waals surface area contributed by atoms with Gasteiger partial charge in [-0.25, -0.2) is 0 Å². The SMILES string of the molecule is CC(C)(C)C1CCC2C3C4C(CCC3C3(CC(C(C)(C)C)CC(C(C)(C)C)C3)C2C1)CC1CC2CCCCC2CC14. The first kappa shape index (κ1) is 29.7. The molecule has 1 spiro atoms. The monoisotopic (exact) mass is 563 g/mol. The van der Waals surface area contributed by atoms with Crippen molar-refractivity contribution < 1.29 is 0 Å². The lowest BCUT2D eigenvalue weighted by Gasteiger charge is -2.57. The topological polar surface area (TPSA) is 0 Å². The fourth-order valence-corrected chi connectivity index (χ4v) is 14.5. The van der Waals surface area contributed by atoms with E-state index >= 15 is 0 Å². The van der Waals surface area contributed by atoms with Crippen molar-refractivity contribution in [2.75, 3.05) is 0 Å². The molecule has 0 aromatic heterocycles. The molecule has 0 aromatic carbocycles. The highest BCUT2D eigenvalue weighted by Crippen LogP contribution is 2.75. The second-order valence-corrected chi connectivity index (χ2v) is 21.2. The van der Waals surface area contributed by atoms with Crippen molar-refractivity contribution in [3.8, 4) is 0 Å². The maximum Gasteiger partial charge on any atom is -0.0230 e. The van der Waals surface area contributed by atoms with Crippen LogP contribution in [0.4, 0.5) is 0 Å². The van der Waals surface area contributed by atoms with Gasteiger partial charge in [-0.2, -0.15) is 0 Å². The van der Waals surface area contributed by atoms with Gasteiger partial charge < -0.3 is 0 Å². The fraction of sp³-hybridized carbons (Fsp3) is 1.00. The number of rotatable bonds is 0. The summed E-state index contributed by atoms with van der Waals surface area (Å²) in [6.07, 6.45) is 23.8. The summed E-state index contributed by atoms with van der Waals surface area (Å²) in [7, 11) is 0. The van der Waals surface area contributed by atoms with Crippen molar-refractivity contribution >= 4 is 0 Å². The van der Waals surface area contributed by atoms with Crippen LogP contribution < -0.4 is 0 Å². The van der Waals surface area contributed by atoms with Gasteiger partial charge in [0.1, 0.15) is 0 Å². The van der Waals surface area contributed by atoms with E-state index in [0.29, 0.717) is 21.7 Å². The standard InChI is InChI=1S/C41H70/c1-38(2,3)29-15-16-32-35(22-29)41(23-30(39(4,5)6)21-31(24-41)40(7,8)9)34-17-14-27-19-28-18-25-12-10-11-13-26(25)20-33(28)36(27)37(32)34/h25-37H,10-24H2,1-9H3. The van der Waals surface area contributed by atoms with E-state index in [1.165, 1.54) is 12.8 Å². The summed E-state index contributed by atoms with van der Waals surface area (Å²) >= 11 is 0. The quantitative estimate of drug-likeness (QED) is 0.275. The van der Waals surface area contributed by atoms with E-state index in [2.05, 4.69) is 62.3 Å². The predicted octanol–water partition coefficient (Wildman–Crippen LogP) is 12.1. The molecule has 0 N–H and O–H groups in total. The molecule has 7 rings (SSSR count). The van der Waals surface area contributed by atoms with Crippen LogP contribution in [0.25, 0.3) is 0 Å². The molecule has 7 aliphatic rings. The van der Waals surface area contributed by atoms with E-state index in [-0.39, 0.29) is 0 Å². The number of hydrogen-bond acceptors (Lipinski definition) is 0. The molecule has 13 atom stereocenters. The van der Waals surface area contributed by atoms with E-state index < -0.39 is 0 Å². The van der Waals surface area contributed by atoms with Crippen molar-refractivity contribution in [2.45, 2.75) is 159 Å². The zero-order chi connectivity index (χ0) is 29.1. The molecule has 13 unspecified atom stereocenters. The Morgan fingerprint density at radius 3 is 1.61 bits per heavy atom. The summed E-state index contributed by atoms with van der Waals surface area (Å²) in [5.41, 5.74) is 2.00. The Balaban J connectivity index is 1.29. The van der Waals surface area contributed by atoms with E-state index in [9.17, 15) is 0 Å². The lowest BCUT2D eigenvalue weighted by atomic mass is 9.48. The van der Waals surface area contributed by atoms with Crippen LogP contribution in [0.1, 0.15) is 159 Å². The Bertz CT molecular complexity index is 928. The molecule has 0 amide bonds. The molecule has 0 heteroatoms. The van der Waals surface area contributed by atoms with Crippen molar-refractivity contribution in [1.29, 1.82) is 0 Å². The molecular formula is C41H70. The van der Waals surface area contributed by atoms with Crippen molar-refractivity contribution in [1.82, 2.24) is 0 Å². The van der Waals surface area contributed by atoms with Gasteiger partial charge in [0.2, 0.25) is 0 Å². The molecule has 0 aromatic rings. The minimum absolute atomic E-state index is 0.442. The van der Waals surface area contributed by atoms with Crippen LogP contribution in [-0.2, 0) is 0 Å². The Kier molecular flexibility index (Phi) is 7.24. The molecule has 7 fully saturated rings. The lowest BCUT2D eigenvalue weighted by Crippen LogP contribution is -2.49. The van der Waals surface area contributed by atoms with E-state index in [1.54, 1.807) is 83.5 Å². The third-order valence-electron chi connectivity index (χ3n) is 16.6. The molecule has 0 bridgehead atoms. The lowest BCUT2D eigenvalue weighted by molar-refractivity contribution is -0.0795. The first-order valence-corrected chi connectivity index (χ1v) is 19.2. The van der Waals surface area contributed by atoms with Crippen molar-refractivity contribution in [3.05, 3.63) is 0 Å². The third kappa shape index (κ3) is 4.86. The highest BCUT2D eigenvalue weighted by molar-refractivity contribution is 5.17. The predicted molar refractivity (Wildman–Crippen MR) is 175 cm³/mol. The highest BCUT2D eigenvalue weighted by atomic mass is 14.7. The van der Waals surface area contributed by atoms with E-state index in [4.69, 9.17) is 0 Å². The number of hydrogen-bond donors (Lipinski definition) is 0. The molecule has 0 radical (unpaired) electrons. The van der Waals surface area contributed by atoms with Crippen LogP contribution in [0.3, 0.4) is 0 Å². The van der Waals surface area contributed by atoms with Gasteiger partial charge in [0.15, 0.2) is 0 Å². The van der Waals surface area contributed by atoms with Gasteiger partial charge in [-0.1, -0.05) is 88.0 Å². The van der Waals surface area contributed by atoms with Crippen LogP contribution >= 0.6 is 0 Å². The van der Waals surface area contributed by atoms with E-state index in [0.717, 1.165) is 76.9 Å². The van der Waals surface area contributed by atoms with Crippen LogP contribution in [0.2, 0.25) is 0 Å². The molecule has 234 valence electrons. The number of fused-ring (bicyclic) bond motifs is 10. The normalized spacial score (nSPS) is 51.9. The summed E-state index contributed by atoms with van der Waals surface area (Å²) in [4.78, 5) is 0. The minimum Gasteiger partial charge on any atom is -0.0599 e. The first-order chi connectivity index (χ1) is 19.2. The van der Waals surface area contributed by atoms with Gasteiger partial charge in [0.05, 0.1) is 0 Å². The van der Waals surface area contributed by atoms with Crippen LogP contribution in [0.5, 0.6) is 0 Å². The van der Waals surface area contributed by atoms with Gasteiger partial charge in [0.25, 0.3) is 0 Å². The Hall–Kier alpha value is 0. The second-order valence-electron chi connectivity index (χ2n) is 21.2. The maximum atomic E-state index is 2.61. The summed E-state index contributed by atoms with van der Waals surface area (Å²) < 4.78 is 0. The summed E-state index contributed by atoms with van der Waals surface area (Å²) in [5.74, 6) is 13.6. The Labute approximate surface area is 256 Å². The van der Waals surface area contributed by atoms with Crippen LogP contribution in [-0.4, -0.2) is 0 Å². The molecule has 7 aliphatic carbocycles. The second kappa shape index (κ2) is 10.0. The molecule has 0 aliphatic heterocycles. The smallest absolute Gasteiger partial charge is 0.0230 e. The van der Waals surface area contributed by atoms with Gasteiger partial charge >= 0.3 is 0 Å². The van der Waals surface area contributed by atoms with E-state index in [1.807, 2.05) is 0 Å². The maximum absolute atomic E-state index is 2.61. The molecule has 7 saturated carbocycles. The van der Waals surface area contributed by atoms with Gasteiger partial charge in [-0.05, 0) is 169 Å². The summed E-state index contributed by atoms with van der Waals surface area (Å²) in [6.45, 7) is 23.4. The molecule has 41 heavy (non-hydrogen) atoms. The minimum atomic E-state index is 0.442. The van der Waals surface area contributed by atoms with Crippen LogP contribution in [0.15, 0.2) is 0 Å². The van der Waals surface area contributed by atoms with Gasteiger partial charge in [-0.15, -0.1) is 0 Å². The average Bonchev–Trinajstić information content (AvgIpc) is 3.38. The zero-order valence-corrected chi connectivity index (χ0v) is 29.1. The molecule has 0 nitrogen and oxygen atoms in total. The molecule has 0 heterocycles. The highest BCUT2D eigenvalue weighted by Gasteiger charge is 2.68. The van der Waals surface area contributed by atoms with Crippen molar-refractivity contribution in [2.24, 2.45) is 98.6 Å². The van der Waals surface area contributed by atoms with Crippen molar-refractivity contribution in [3.63, 3.8) is 0 Å². The third-order valence-corrected chi connectivity index (χ3v) is 16.6. The Morgan fingerprint density at radius 2 is 1.00 bits per heavy atom. The van der Waals surface area contributed by atoms with Gasteiger partial charge in [-0.3, -0.25) is 0 Å². The van der Waals surface area contributed by atoms with Gasteiger partial charge in [0, 0.05) is 0 Å². The fourth-order valence-electron chi connectivity index (χ4n) is 14.5. The molecule has 0 saturated heterocycles. The zero-order valence-electron chi connectivity index (χ0n) is 29.1. The average molecular weight is 563 g/mol. The van der Waals surface area contributed by atoms with Crippen LogP contribution in [0, 0.1) is 98.6 Å². The Morgan fingerprint density at radius 1 is 0.415 bits per heavy atom. The largest absolute Gasteiger partial charge is 0.0599 e.